The van der Waals surface area contributed by atoms with Crippen LogP contribution in [-0.4, -0.2) is 32.0 Å². The molecule has 1 N–H and O–H groups in total. The van der Waals surface area contributed by atoms with Crippen LogP contribution in [0, 0.1) is 0 Å². The number of thiocarbonyl (C=S) groups is 1. The van der Waals surface area contributed by atoms with Crippen LogP contribution in [-0.2, 0) is 14.6 Å². The molecular weight excluding hydrogens is 378 g/mol. The molecule has 0 radical (unpaired) electrons. The Bertz CT molecular complexity index is 518. The molecule has 27 heavy (non-hydrogen) atoms. The van der Waals surface area contributed by atoms with Gasteiger partial charge in [-0.15, -0.1) is 0 Å². The second-order valence-corrected chi connectivity index (χ2v) is 9.94. The van der Waals surface area contributed by atoms with E-state index in [1.165, 1.54) is 82.5 Å². The molecule has 0 bridgehead atoms. The zero-order chi connectivity index (χ0) is 19.8. The fourth-order valence-electron chi connectivity index (χ4n) is 3.32. The van der Waals surface area contributed by atoms with E-state index in [4.69, 9.17) is 17.0 Å². The first-order valence-corrected chi connectivity index (χ1v) is 13.0. The predicted octanol–water partition coefficient (Wildman–Crippen LogP) is 5.67. The van der Waals surface area contributed by atoms with Gasteiger partial charge < -0.3 is 10.1 Å². The van der Waals surface area contributed by atoms with Gasteiger partial charge in [0.1, 0.15) is 0 Å². The summed E-state index contributed by atoms with van der Waals surface area (Å²) in [5.74, 6) is 0.0648. The number of hydrogen-bond donors (Lipinski definition) is 1. The second-order valence-electron chi connectivity index (χ2n) is 7.64. The highest BCUT2D eigenvalue weighted by Crippen LogP contribution is 2.13. The molecule has 0 saturated heterocycles. The van der Waals surface area contributed by atoms with Crippen LogP contribution >= 0.6 is 12.2 Å². The first-order chi connectivity index (χ1) is 13.0. The second kappa shape index (κ2) is 15.3. The van der Waals surface area contributed by atoms with Gasteiger partial charge in [0.25, 0.3) is 5.17 Å². The molecule has 0 spiro atoms. The van der Waals surface area contributed by atoms with Crippen molar-refractivity contribution in [3.05, 3.63) is 11.5 Å². The minimum Gasteiger partial charge on any atom is -0.471 e. The molecule has 1 aliphatic heterocycles. The van der Waals surface area contributed by atoms with Crippen molar-refractivity contribution in [2.24, 2.45) is 0 Å². The third-order valence-corrected chi connectivity index (χ3v) is 6.60. The minimum atomic E-state index is -3.05. The van der Waals surface area contributed by atoms with E-state index in [0.717, 1.165) is 12.8 Å². The van der Waals surface area contributed by atoms with E-state index in [1.54, 1.807) is 6.08 Å². The largest absolute Gasteiger partial charge is 0.471 e. The van der Waals surface area contributed by atoms with Crippen molar-refractivity contribution in [1.82, 2.24) is 5.32 Å². The average molecular weight is 418 g/mol. The van der Waals surface area contributed by atoms with Crippen molar-refractivity contribution < 1.29 is 13.2 Å². The Kier molecular flexibility index (Phi) is 13.9. The van der Waals surface area contributed by atoms with Crippen molar-refractivity contribution in [2.75, 3.05) is 12.4 Å². The van der Waals surface area contributed by atoms with Crippen LogP contribution in [0.3, 0.4) is 0 Å². The zero-order valence-electron chi connectivity index (χ0n) is 17.1. The lowest BCUT2D eigenvalue weighted by Crippen LogP contribution is -2.35. The summed E-state index contributed by atoms with van der Waals surface area (Å²) in [5, 5.41) is 4.47. The van der Waals surface area contributed by atoms with Gasteiger partial charge in [0.05, 0.1) is 18.4 Å². The molecule has 6 heteroatoms. The van der Waals surface area contributed by atoms with Crippen LogP contribution < -0.4 is 5.32 Å². The van der Waals surface area contributed by atoms with Gasteiger partial charge >= 0.3 is 0 Å². The molecule has 0 aromatic carbocycles. The molecule has 0 aromatic rings. The number of unbranched alkanes of at least 4 members (excludes halogenated alkanes) is 13. The molecule has 1 heterocycles. The van der Waals surface area contributed by atoms with Crippen molar-refractivity contribution in [1.29, 1.82) is 0 Å². The third-order valence-electron chi connectivity index (χ3n) is 4.96. The molecule has 0 fully saturated rings. The van der Waals surface area contributed by atoms with Crippen LogP contribution in [0.25, 0.3) is 0 Å². The maximum atomic E-state index is 11.3. The summed E-state index contributed by atoms with van der Waals surface area (Å²) in [6.07, 6.45) is 20.3. The van der Waals surface area contributed by atoms with Crippen molar-refractivity contribution in [3.8, 4) is 0 Å². The molecule has 0 saturated carbocycles. The summed E-state index contributed by atoms with van der Waals surface area (Å²) in [7, 11) is -3.05. The SMILES string of the molecule is CCCCCCCCCCCCCCCCOC(=S)NC1C=CS(=O)(=O)C1. The molecule has 1 atom stereocenters. The molecule has 1 aliphatic rings. The highest BCUT2D eigenvalue weighted by Gasteiger charge is 2.22. The Morgan fingerprint density at radius 3 is 1.85 bits per heavy atom. The lowest BCUT2D eigenvalue weighted by atomic mass is 10.0. The van der Waals surface area contributed by atoms with E-state index in [-0.39, 0.29) is 11.8 Å². The standard InChI is InChI=1S/C21H39NO3S2/c1-2-3-4-5-6-7-8-9-10-11-12-13-14-15-17-25-21(26)22-20-16-18-27(23,24)19-20/h16,18,20H,2-15,17,19H2,1H3,(H,22,26). The fraction of sp³-hybridized carbons (Fsp3) is 0.857. The Hall–Kier alpha value is -0.620. The van der Waals surface area contributed by atoms with E-state index in [9.17, 15) is 8.42 Å². The molecule has 4 nitrogen and oxygen atoms in total. The first-order valence-electron chi connectivity index (χ1n) is 10.9. The van der Waals surface area contributed by atoms with E-state index in [1.807, 2.05) is 0 Å². The summed E-state index contributed by atoms with van der Waals surface area (Å²) in [4.78, 5) is 0. The summed E-state index contributed by atoms with van der Waals surface area (Å²) >= 11 is 5.10. The van der Waals surface area contributed by atoms with Crippen molar-refractivity contribution in [2.45, 2.75) is 103 Å². The predicted molar refractivity (Wildman–Crippen MR) is 119 cm³/mol. The van der Waals surface area contributed by atoms with Gasteiger partial charge in [-0.3, -0.25) is 0 Å². The summed E-state index contributed by atoms with van der Waals surface area (Å²) < 4.78 is 28.1. The monoisotopic (exact) mass is 417 g/mol. The Morgan fingerprint density at radius 1 is 0.926 bits per heavy atom. The van der Waals surface area contributed by atoms with Gasteiger partial charge in [-0.25, -0.2) is 8.42 Å². The molecule has 0 aromatic heterocycles. The summed E-state index contributed by atoms with van der Waals surface area (Å²) in [5.41, 5.74) is 0. The normalized spacial score (nSPS) is 17.9. The fourth-order valence-corrected chi connectivity index (χ4v) is 4.79. The van der Waals surface area contributed by atoms with Crippen LogP contribution in [0.1, 0.15) is 96.8 Å². The number of hydrogen-bond acceptors (Lipinski definition) is 4. The van der Waals surface area contributed by atoms with Crippen molar-refractivity contribution >= 4 is 27.2 Å². The summed E-state index contributed by atoms with van der Waals surface area (Å²) in [6, 6.07) is -0.251. The minimum absolute atomic E-state index is 0.0648. The van der Waals surface area contributed by atoms with Crippen molar-refractivity contribution in [3.63, 3.8) is 0 Å². The van der Waals surface area contributed by atoms with Crippen LogP contribution in [0.5, 0.6) is 0 Å². The number of nitrogens with one attached hydrogen (secondary N) is 1. The van der Waals surface area contributed by atoms with Gasteiger partial charge in [0.15, 0.2) is 9.84 Å². The molecular formula is C21H39NO3S2. The molecule has 1 rings (SSSR count). The Labute approximate surface area is 172 Å². The van der Waals surface area contributed by atoms with Gasteiger partial charge in [0.2, 0.25) is 0 Å². The highest BCUT2D eigenvalue weighted by molar-refractivity contribution is 7.94. The average Bonchev–Trinajstić information content (AvgIpc) is 2.96. The lowest BCUT2D eigenvalue weighted by molar-refractivity contribution is 0.285. The van der Waals surface area contributed by atoms with E-state index in [2.05, 4.69) is 12.2 Å². The van der Waals surface area contributed by atoms with Gasteiger partial charge in [0, 0.05) is 5.41 Å². The van der Waals surface area contributed by atoms with Crippen LogP contribution in [0.2, 0.25) is 0 Å². The Balaban J connectivity index is 1.79. The van der Waals surface area contributed by atoms with Gasteiger partial charge in [-0.05, 0) is 24.7 Å². The Morgan fingerprint density at radius 2 is 1.41 bits per heavy atom. The smallest absolute Gasteiger partial charge is 0.257 e. The maximum absolute atomic E-state index is 11.3. The van der Waals surface area contributed by atoms with Gasteiger partial charge in [-0.2, -0.15) is 0 Å². The molecule has 1 unspecified atom stereocenters. The zero-order valence-corrected chi connectivity index (χ0v) is 18.7. The maximum Gasteiger partial charge on any atom is 0.257 e. The number of sulfone groups is 1. The third kappa shape index (κ3) is 14.1. The van der Waals surface area contributed by atoms with Gasteiger partial charge in [-0.1, -0.05) is 90.4 Å². The van der Waals surface area contributed by atoms with E-state index < -0.39 is 9.84 Å². The summed E-state index contributed by atoms with van der Waals surface area (Å²) in [6.45, 7) is 2.87. The topological polar surface area (TPSA) is 55.4 Å². The molecule has 0 aliphatic carbocycles. The highest BCUT2D eigenvalue weighted by atomic mass is 32.2. The quantitative estimate of drug-likeness (QED) is 0.259. The van der Waals surface area contributed by atoms with E-state index in [0.29, 0.717) is 11.8 Å². The number of rotatable bonds is 16. The molecule has 0 amide bonds. The molecule has 158 valence electrons. The lowest BCUT2D eigenvalue weighted by Gasteiger charge is -2.13. The van der Waals surface area contributed by atoms with E-state index >= 15 is 0 Å². The first kappa shape index (κ1) is 24.4. The van der Waals surface area contributed by atoms with Crippen LogP contribution in [0.15, 0.2) is 11.5 Å². The number of ether oxygens (including phenoxy) is 1. The van der Waals surface area contributed by atoms with Crippen LogP contribution in [0.4, 0.5) is 0 Å².